The molecule has 0 heterocycles. The van der Waals surface area contributed by atoms with Crippen molar-refractivity contribution in [3.63, 3.8) is 0 Å². The highest BCUT2D eigenvalue weighted by Crippen LogP contribution is 1.96. The van der Waals surface area contributed by atoms with Crippen LogP contribution >= 0.6 is 0 Å². The second kappa shape index (κ2) is 3.64. The van der Waals surface area contributed by atoms with Crippen molar-refractivity contribution >= 4 is 0 Å². The minimum absolute atomic E-state index is 0.0498. The van der Waals surface area contributed by atoms with E-state index in [-0.39, 0.29) is 5.54 Å². The molecule has 54 valence electrons. The molecule has 0 bridgehead atoms. The van der Waals surface area contributed by atoms with Crippen LogP contribution in [0, 0.1) is 0 Å². The fourth-order valence-corrected chi connectivity index (χ4v) is 0.421. The molecular formula is C7H16N2. The number of hydrogen-bond acceptors (Lipinski definition) is 2. The molecule has 0 saturated heterocycles. The predicted octanol–water partition coefficient (Wildman–Crippen LogP) is 0.499. The van der Waals surface area contributed by atoms with Crippen molar-refractivity contribution in [2.24, 2.45) is 5.73 Å². The van der Waals surface area contributed by atoms with Crippen molar-refractivity contribution in [2.75, 3.05) is 13.1 Å². The van der Waals surface area contributed by atoms with E-state index in [1.54, 1.807) is 0 Å². The van der Waals surface area contributed by atoms with Gasteiger partial charge in [0.2, 0.25) is 0 Å². The SMILES string of the molecule is C=CCNC(C)(C)CN. The summed E-state index contributed by atoms with van der Waals surface area (Å²) >= 11 is 0. The predicted molar refractivity (Wildman–Crippen MR) is 41.3 cm³/mol. The van der Waals surface area contributed by atoms with Gasteiger partial charge in [-0.3, -0.25) is 0 Å². The third-order valence-electron chi connectivity index (χ3n) is 1.24. The van der Waals surface area contributed by atoms with Crippen molar-refractivity contribution in [1.29, 1.82) is 0 Å². The fourth-order valence-electron chi connectivity index (χ4n) is 0.421. The molecule has 0 aromatic carbocycles. The van der Waals surface area contributed by atoms with Gasteiger partial charge >= 0.3 is 0 Å². The maximum absolute atomic E-state index is 5.45. The van der Waals surface area contributed by atoms with Crippen LogP contribution in [0.4, 0.5) is 0 Å². The Bertz CT molecular complexity index is 86.9. The van der Waals surface area contributed by atoms with Crippen LogP contribution in [0.2, 0.25) is 0 Å². The molecule has 0 unspecified atom stereocenters. The van der Waals surface area contributed by atoms with E-state index < -0.39 is 0 Å². The molecule has 0 fully saturated rings. The van der Waals surface area contributed by atoms with Gasteiger partial charge in [0.1, 0.15) is 0 Å². The van der Waals surface area contributed by atoms with Gasteiger partial charge in [-0.15, -0.1) is 6.58 Å². The standard InChI is InChI=1S/C7H16N2/c1-4-5-9-7(2,3)6-8/h4,9H,1,5-6,8H2,2-3H3. The molecule has 3 N–H and O–H groups in total. The van der Waals surface area contributed by atoms with Crippen molar-refractivity contribution < 1.29 is 0 Å². The average molecular weight is 128 g/mol. The Labute approximate surface area is 57.1 Å². The van der Waals surface area contributed by atoms with Gasteiger partial charge in [-0.2, -0.15) is 0 Å². The Morgan fingerprint density at radius 1 is 1.67 bits per heavy atom. The molecule has 0 rings (SSSR count). The highest BCUT2D eigenvalue weighted by molar-refractivity contribution is 4.82. The van der Waals surface area contributed by atoms with Gasteiger partial charge in [-0.25, -0.2) is 0 Å². The summed E-state index contributed by atoms with van der Waals surface area (Å²) in [6, 6.07) is 0. The number of nitrogens with two attached hydrogens (primary N) is 1. The van der Waals surface area contributed by atoms with Gasteiger partial charge in [0.05, 0.1) is 0 Å². The summed E-state index contributed by atoms with van der Waals surface area (Å²) < 4.78 is 0. The molecule has 2 heteroatoms. The Balaban J connectivity index is 3.44. The Morgan fingerprint density at radius 2 is 2.22 bits per heavy atom. The molecule has 0 aromatic rings. The van der Waals surface area contributed by atoms with Crippen LogP contribution in [0.25, 0.3) is 0 Å². The fraction of sp³-hybridized carbons (Fsp3) is 0.714. The largest absolute Gasteiger partial charge is 0.329 e. The first-order valence-electron chi connectivity index (χ1n) is 3.18. The molecule has 0 aromatic heterocycles. The first-order valence-corrected chi connectivity index (χ1v) is 3.18. The van der Waals surface area contributed by atoms with Crippen molar-refractivity contribution in [3.8, 4) is 0 Å². The van der Waals surface area contributed by atoms with E-state index >= 15 is 0 Å². The normalized spacial score (nSPS) is 11.4. The van der Waals surface area contributed by atoms with E-state index in [4.69, 9.17) is 5.73 Å². The van der Waals surface area contributed by atoms with E-state index in [0.717, 1.165) is 6.54 Å². The lowest BCUT2D eigenvalue weighted by atomic mass is 10.1. The lowest BCUT2D eigenvalue weighted by Gasteiger charge is -2.22. The third kappa shape index (κ3) is 4.18. The smallest absolute Gasteiger partial charge is 0.0250 e. The number of hydrogen-bond donors (Lipinski definition) is 2. The third-order valence-corrected chi connectivity index (χ3v) is 1.24. The Hall–Kier alpha value is -0.340. The summed E-state index contributed by atoms with van der Waals surface area (Å²) in [5.41, 5.74) is 5.50. The van der Waals surface area contributed by atoms with Gasteiger partial charge in [-0.05, 0) is 13.8 Å². The topological polar surface area (TPSA) is 38.0 Å². The molecule has 0 aliphatic heterocycles. The Morgan fingerprint density at radius 3 is 2.56 bits per heavy atom. The molecule has 0 aliphatic rings. The first-order chi connectivity index (χ1) is 4.12. The molecule has 0 radical (unpaired) electrons. The van der Waals surface area contributed by atoms with Crippen LogP contribution in [-0.2, 0) is 0 Å². The van der Waals surface area contributed by atoms with Crippen LogP contribution in [0.5, 0.6) is 0 Å². The Kier molecular flexibility index (Phi) is 3.50. The van der Waals surface area contributed by atoms with Gasteiger partial charge < -0.3 is 11.1 Å². The average Bonchev–Trinajstić information content (AvgIpc) is 1.84. The van der Waals surface area contributed by atoms with Crippen molar-refractivity contribution in [3.05, 3.63) is 12.7 Å². The summed E-state index contributed by atoms with van der Waals surface area (Å²) in [7, 11) is 0. The lowest BCUT2D eigenvalue weighted by Crippen LogP contribution is -2.45. The molecule has 0 spiro atoms. The molecule has 9 heavy (non-hydrogen) atoms. The lowest BCUT2D eigenvalue weighted by molar-refractivity contribution is 0.419. The monoisotopic (exact) mass is 128 g/mol. The second-order valence-corrected chi connectivity index (χ2v) is 2.76. The van der Waals surface area contributed by atoms with Crippen LogP contribution in [0.1, 0.15) is 13.8 Å². The highest BCUT2D eigenvalue weighted by Gasteiger charge is 2.11. The molecule has 0 aliphatic carbocycles. The molecule has 0 amide bonds. The molecule has 0 atom stereocenters. The van der Waals surface area contributed by atoms with E-state index in [9.17, 15) is 0 Å². The summed E-state index contributed by atoms with van der Waals surface area (Å²) in [4.78, 5) is 0. The molecule has 2 nitrogen and oxygen atoms in total. The van der Waals surface area contributed by atoms with Crippen LogP contribution in [0.15, 0.2) is 12.7 Å². The highest BCUT2D eigenvalue weighted by atomic mass is 15.0. The second-order valence-electron chi connectivity index (χ2n) is 2.76. The van der Waals surface area contributed by atoms with E-state index in [0.29, 0.717) is 6.54 Å². The quantitative estimate of drug-likeness (QED) is 0.541. The van der Waals surface area contributed by atoms with Crippen LogP contribution in [-0.4, -0.2) is 18.6 Å². The maximum Gasteiger partial charge on any atom is 0.0250 e. The minimum Gasteiger partial charge on any atom is -0.329 e. The zero-order valence-electron chi connectivity index (χ0n) is 6.28. The van der Waals surface area contributed by atoms with Gasteiger partial charge in [0.25, 0.3) is 0 Å². The summed E-state index contributed by atoms with van der Waals surface area (Å²) in [5.74, 6) is 0. The number of rotatable bonds is 4. The van der Waals surface area contributed by atoms with Gasteiger partial charge in [0, 0.05) is 18.6 Å². The maximum atomic E-state index is 5.45. The van der Waals surface area contributed by atoms with Crippen LogP contribution in [0.3, 0.4) is 0 Å². The van der Waals surface area contributed by atoms with Gasteiger partial charge in [0.15, 0.2) is 0 Å². The summed E-state index contributed by atoms with van der Waals surface area (Å²) in [6.45, 7) is 9.20. The van der Waals surface area contributed by atoms with Crippen molar-refractivity contribution in [2.45, 2.75) is 19.4 Å². The van der Waals surface area contributed by atoms with Crippen molar-refractivity contribution in [1.82, 2.24) is 5.32 Å². The number of nitrogens with one attached hydrogen (secondary N) is 1. The minimum atomic E-state index is 0.0498. The first kappa shape index (κ1) is 8.66. The zero-order chi connectivity index (χ0) is 7.33. The van der Waals surface area contributed by atoms with Gasteiger partial charge in [-0.1, -0.05) is 6.08 Å². The van der Waals surface area contributed by atoms with E-state index in [1.165, 1.54) is 0 Å². The molecule has 0 saturated carbocycles. The summed E-state index contributed by atoms with van der Waals surface area (Å²) in [5, 5.41) is 3.22. The zero-order valence-corrected chi connectivity index (χ0v) is 6.28. The van der Waals surface area contributed by atoms with Crippen LogP contribution < -0.4 is 11.1 Å². The summed E-state index contributed by atoms with van der Waals surface area (Å²) in [6.07, 6.45) is 1.83. The van der Waals surface area contributed by atoms with E-state index in [2.05, 4.69) is 25.7 Å². The van der Waals surface area contributed by atoms with E-state index in [1.807, 2.05) is 6.08 Å². The molecular weight excluding hydrogens is 112 g/mol.